The summed E-state index contributed by atoms with van der Waals surface area (Å²) in [7, 11) is 0. The van der Waals surface area contributed by atoms with Gasteiger partial charge in [0.1, 0.15) is 5.75 Å². The van der Waals surface area contributed by atoms with Crippen molar-refractivity contribution in [3.05, 3.63) is 59.1 Å². The number of likely N-dealkylation sites (tertiary alicyclic amines) is 1. The van der Waals surface area contributed by atoms with Crippen molar-refractivity contribution >= 4 is 40.6 Å². The van der Waals surface area contributed by atoms with Crippen molar-refractivity contribution in [1.82, 2.24) is 4.90 Å². The lowest BCUT2D eigenvalue weighted by atomic mass is 10.00. The number of nitrogens with one attached hydrogen (secondary N) is 1. The van der Waals surface area contributed by atoms with Gasteiger partial charge in [0.15, 0.2) is 0 Å². The van der Waals surface area contributed by atoms with E-state index < -0.39 is 0 Å². The van der Waals surface area contributed by atoms with E-state index in [2.05, 4.69) is 17.1 Å². The molecule has 4 nitrogen and oxygen atoms in total. The van der Waals surface area contributed by atoms with Gasteiger partial charge in [-0.25, -0.2) is 0 Å². The minimum Gasteiger partial charge on any atom is -0.432 e. The molecule has 2 aromatic carbocycles. The first-order valence-electron chi connectivity index (χ1n) is 8.65. The summed E-state index contributed by atoms with van der Waals surface area (Å²) in [6.45, 7) is 4.07. The molecule has 1 fully saturated rings. The molecule has 3 rings (SSSR count). The molecule has 6 heteroatoms. The van der Waals surface area contributed by atoms with Gasteiger partial charge in [-0.2, -0.15) is 0 Å². The summed E-state index contributed by atoms with van der Waals surface area (Å²) in [4.78, 5) is 14.5. The highest BCUT2D eigenvalue weighted by atomic mass is 35.5. The van der Waals surface area contributed by atoms with Crippen molar-refractivity contribution in [2.45, 2.75) is 19.8 Å². The lowest BCUT2D eigenvalue weighted by Crippen LogP contribution is -2.39. The summed E-state index contributed by atoms with van der Waals surface area (Å²) in [6, 6.07) is 14.1. The van der Waals surface area contributed by atoms with E-state index in [4.69, 9.17) is 28.6 Å². The molecule has 0 spiro atoms. The maximum Gasteiger partial charge on any atom is 0.264 e. The van der Waals surface area contributed by atoms with Gasteiger partial charge >= 0.3 is 0 Å². The number of amides is 1. The van der Waals surface area contributed by atoms with E-state index in [1.165, 1.54) is 0 Å². The molecule has 0 bridgehead atoms. The molecule has 1 N–H and O–H groups in total. The van der Waals surface area contributed by atoms with Gasteiger partial charge in [-0.3, -0.25) is 4.79 Å². The first-order valence-corrected chi connectivity index (χ1v) is 9.44. The smallest absolute Gasteiger partial charge is 0.264 e. The SMILES string of the molecule is CC1CCN(C(=S)Oc2cccc(C(=O)Nc3ccccc3Cl)c2)CC1. The molecular formula is C20H21ClN2O2S. The number of ether oxygens (including phenoxy) is 1. The van der Waals surface area contributed by atoms with E-state index in [0.717, 1.165) is 31.8 Å². The number of thiocarbonyl (C=S) groups is 1. The number of hydrogen-bond acceptors (Lipinski definition) is 3. The van der Waals surface area contributed by atoms with Crippen LogP contribution in [0.1, 0.15) is 30.1 Å². The highest BCUT2D eigenvalue weighted by Crippen LogP contribution is 2.23. The number of carbonyl (C=O) groups excluding carboxylic acids is 1. The number of nitrogens with zero attached hydrogens (tertiary/aromatic N) is 1. The van der Waals surface area contributed by atoms with Crippen LogP contribution in [0.2, 0.25) is 5.02 Å². The molecule has 26 heavy (non-hydrogen) atoms. The third kappa shape index (κ3) is 4.74. The van der Waals surface area contributed by atoms with Crippen LogP contribution in [0.4, 0.5) is 5.69 Å². The molecule has 136 valence electrons. The second kappa shape index (κ2) is 8.52. The monoisotopic (exact) mass is 388 g/mol. The average molecular weight is 389 g/mol. The van der Waals surface area contributed by atoms with Gasteiger partial charge in [-0.1, -0.05) is 36.7 Å². The van der Waals surface area contributed by atoms with Crippen molar-refractivity contribution in [3.8, 4) is 5.75 Å². The van der Waals surface area contributed by atoms with E-state index in [9.17, 15) is 4.79 Å². The zero-order valence-electron chi connectivity index (χ0n) is 14.6. The minimum absolute atomic E-state index is 0.249. The average Bonchev–Trinajstić information content (AvgIpc) is 2.64. The highest BCUT2D eigenvalue weighted by molar-refractivity contribution is 7.80. The molecular weight excluding hydrogens is 368 g/mol. The topological polar surface area (TPSA) is 41.6 Å². The molecule has 2 aromatic rings. The van der Waals surface area contributed by atoms with Crippen LogP contribution < -0.4 is 10.1 Å². The second-order valence-electron chi connectivity index (χ2n) is 6.50. The van der Waals surface area contributed by atoms with Crippen LogP contribution >= 0.6 is 23.8 Å². The molecule has 0 aromatic heterocycles. The quantitative estimate of drug-likeness (QED) is 0.752. The fourth-order valence-corrected chi connectivity index (χ4v) is 3.28. The van der Waals surface area contributed by atoms with Crippen molar-refractivity contribution in [2.75, 3.05) is 18.4 Å². The number of anilines is 1. The van der Waals surface area contributed by atoms with Gasteiger partial charge < -0.3 is 15.0 Å². The summed E-state index contributed by atoms with van der Waals surface area (Å²) in [5, 5.41) is 3.76. The van der Waals surface area contributed by atoms with Crippen LogP contribution in [0.25, 0.3) is 0 Å². The van der Waals surface area contributed by atoms with E-state index >= 15 is 0 Å². The first-order chi connectivity index (χ1) is 12.5. The fraction of sp³-hybridized carbons (Fsp3) is 0.300. The Morgan fingerprint density at radius 1 is 1.19 bits per heavy atom. The summed E-state index contributed by atoms with van der Waals surface area (Å²) < 4.78 is 5.81. The molecule has 0 unspecified atom stereocenters. The molecule has 0 saturated carbocycles. The standard InChI is InChI=1S/C20H21ClN2O2S/c1-14-9-11-23(12-10-14)20(26)25-16-6-4-5-15(13-16)19(24)22-18-8-3-2-7-17(18)21/h2-8,13-14H,9-12H2,1H3,(H,22,24). The fourth-order valence-electron chi connectivity index (χ4n) is 2.81. The summed E-state index contributed by atoms with van der Waals surface area (Å²) in [5.41, 5.74) is 1.06. The Kier molecular flexibility index (Phi) is 6.12. The number of rotatable bonds is 3. The van der Waals surface area contributed by atoms with Crippen LogP contribution in [0.3, 0.4) is 0 Å². The molecule has 1 aliphatic rings. The number of para-hydroxylation sites is 1. The van der Waals surface area contributed by atoms with Crippen LogP contribution in [0, 0.1) is 5.92 Å². The van der Waals surface area contributed by atoms with Gasteiger partial charge in [-0.15, -0.1) is 0 Å². The third-order valence-corrected chi connectivity index (χ3v) is 5.14. The van der Waals surface area contributed by atoms with Crippen LogP contribution in [0.5, 0.6) is 5.75 Å². The maximum atomic E-state index is 12.5. The van der Waals surface area contributed by atoms with Crippen LogP contribution in [0.15, 0.2) is 48.5 Å². The van der Waals surface area contributed by atoms with E-state index in [-0.39, 0.29) is 5.91 Å². The molecule has 0 atom stereocenters. The number of hydrogen-bond donors (Lipinski definition) is 1. The van der Waals surface area contributed by atoms with Gasteiger partial charge in [0, 0.05) is 18.7 Å². The van der Waals surface area contributed by atoms with Crippen molar-refractivity contribution in [2.24, 2.45) is 5.92 Å². The van der Waals surface area contributed by atoms with E-state index in [1.807, 2.05) is 12.1 Å². The van der Waals surface area contributed by atoms with Crippen LogP contribution in [-0.4, -0.2) is 29.1 Å². The van der Waals surface area contributed by atoms with Crippen LogP contribution in [-0.2, 0) is 0 Å². The Bertz CT molecular complexity index is 804. The summed E-state index contributed by atoms with van der Waals surface area (Å²) >= 11 is 11.5. The largest absolute Gasteiger partial charge is 0.432 e. The third-order valence-electron chi connectivity index (χ3n) is 4.47. The highest BCUT2D eigenvalue weighted by Gasteiger charge is 2.19. The Hall–Kier alpha value is -2.11. The lowest BCUT2D eigenvalue weighted by molar-refractivity contribution is 0.102. The molecule has 1 aliphatic heterocycles. The lowest BCUT2D eigenvalue weighted by Gasteiger charge is -2.31. The summed E-state index contributed by atoms with van der Waals surface area (Å²) in [6.07, 6.45) is 2.23. The van der Waals surface area contributed by atoms with Gasteiger partial charge in [0.05, 0.1) is 10.7 Å². The predicted octanol–water partition coefficient (Wildman–Crippen LogP) is 4.99. The Balaban J connectivity index is 1.65. The predicted molar refractivity (Wildman–Crippen MR) is 109 cm³/mol. The van der Waals surface area contributed by atoms with E-state index in [1.54, 1.807) is 36.4 Å². The normalized spacial score (nSPS) is 14.8. The molecule has 1 heterocycles. The van der Waals surface area contributed by atoms with Gasteiger partial charge in [0.25, 0.3) is 11.1 Å². The first kappa shape index (κ1) is 18.7. The zero-order chi connectivity index (χ0) is 18.5. The maximum absolute atomic E-state index is 12.5. The van der Waals surface area contributed by atoms with Crippen molar-refractivity contribution < 1.29 is 9.53 Å². The van der Waals surface area contributed by atoms with Crippen molar-refractivity contribution in [1.29, 1.82) is 0 Å². The molecule has 1 saturated heterocycles. The Labute approximate surface area is 164 Å². The summed E-state index contributed by atoms with van der Waals surface area (Å²) in [5.74, 6) is 1.03. The van der Waals surface area contributed by atoms with Crippen molar-refractivity contribution in [3.63, 3.8) is 0 Å². The number of halogens is 1. The number of benzene rings is 2. The van der Waals surface area contributed by atoms with E-state index in [0.29, 0.717) is 27.2 Å². The molecule has 1 amide bonds. The Morgan fingerprint density at radius 2 is 1.92 bits per heavy atom. The van der Waals surface area contributed by atoms with Gasteiger partial charge in [-0.05, 0) is 61.3 Å². The molecule has 0 aliphatic carbocycles. The minimum atomic E-state index is -0.249. The number of piperidine rings is 1. The zero-order valence-corrected chi connectivity index (χ0v) is 16.1. The number of carbonyl (C=O) groups is 1. The Morgan fingerprint density at radius 3 is 2.65 bits per heavy atom. The second-order valence-corrected chi connectivity index (χ2v) is 7.26. The molecule has 0 radical (unpaired) electrons. The van der Waals surface area contributed by atoms with Gasteiger partial charge in [0.2, 0.25) is 0 Å².